The summed E-state index contributed by atoms with van der Waals surface area (Å²) in [5, 5.41) is 5.71. The molecule has 0 bridgehead atoms. The van der Waals surface area contributed by atoms with Crippen LogP contribution in [0.15, 0.2) is 12.1 Å². The highest BCUT2D eigenvalue weighted by molar-refractivity contribution is 5.94. The standard InChI is InChI=1S/C13H20N4O2/c1-9-7-10(8-12(15-2)17-9)13(19)16-6-4-3-5-11(14)18/h7-8H,3-6H2,1-2H3,(H2,14,18)(H,15,17)(H,16,19). The summed E-state index contributed by atoms with van der Waals surface area (Å²) in [6.45, 7) is 2.37. The smallest absolute Gasteiger partial charge is 0.251 e. The number of nitrogens with two attached hydrogens (primary N) is 1. The Balaban J connectivity index is 2.45. The van der Waals surface area contributed by atoms with Crippen LogP contribution in [0.1, 0.15) is 35.3 Å². The maximum absolute atomic E-state index is 11.9. The van der Waals surface area contributed by atoms with Crippen LogP contribution in [0, 0.1) is 6.92 Å². The highest BCUT2D eigenvalue weighted by Gasteiger charge is 2.07. The summed E-state index contributed by atoms with van der Waals surface area (Å²) in [7, 11) is 1.76. The summed E-state index contributed by atoms with van der Waals surface area (Å²) in [5.74, 6) is 0.217. The van der Waals surface area contributed by atoms with Crippen LogP contribution in [0.25, 0.3) is 0 Å². The number of primary amides is 1. The van der Waals surface area contributed by atoms with Gasteiger partial charge in [0.2, 0.25) is 5.91 Å². The molecule has 1 aromatic heterocycles. The molecule has 0 unspecified atom stereocenters. The number of nitrogens with zero attached hydrogens (tertiary/aromatic N) is 1. The molecular weight excluding hydrogens is 244 g/mol. The Morgan fingerprint density at radius 2 is 2.05 bits per heavy atom. The van der Waals surface area contributed by atoms with Crippen molar-refractivity contribution in [3.8, 4) is 0 Å². The fraction of sp³-hybridized carbons (Fsp3) is 0.462. The number of pyridine rings is 1. The first kappa shape index (κ1) is 14.9. The lowest BCUT2D eigenvalue weighted by Gasteiger charge is -2.07. The number of hydrogen-bond acceptors (Lipinski definition) is 4. The average molecular weight is 264 g/mol. The van der Waals surface area contributed by atoms with Gasteiger partial charge in [0.15, 0.2) is 0 Å². The maximum Gasteiger partial charge on any atom is 0.251 e. The Labute approximate surface area is 112 Å². The number of aryl methyl sites for hydroxylation is 1. The van der Waals surface area contributed by atoms with E-state index >= 15 is 0 Å². The molecule has 0 aliphatic heterocycles. The molecular formula is C13H20N4O2. The quantitative estimate of drug-likeness (QED) is 0.635. The van der Waals surface area contributed by atoms with Crippen LogP contribution in [0.5, 0.6) is 0 Å². The van der Waals surface area contributed by atoms with Crippen molar-refractivity contribution >= 4 is 17.6 Å². The van der Waals surface area contributed by atoms with E-state index in [2.05, 4.69) is 15.6 Å². The van der Waals surface area contributed by atoms with E-state index in [4.69, 9.17) is 5.73 Å². The topological polar surface area (TPSA) is 97.1 Å². The predicted octanol–water partition coefficient (Wildman–Crippen LogP) is 0.817. The van der Waals surface area contributed by atoms with Crippen LogP contribution in [0.4, 0.5) is 5.82 Å². The van der Waals surface area contributed by atoms with Gasteiger partial charge in [0.05, 0.1) is 0 Å². The molecule has 4 N–H and O–H groups in total. The molecule has 19 heavy (non-hydrogen) atoms. The third-order valence-corrected chi connectivity index (χ3v) is 2.61. The zero-order chi connectivity index (χ0) is 14.3. The summed E-state index contributed by atoms with van der Waals surface area (Å²) in [5.41, 5.74) is 6.39. The maximum atomic E-state index is 11.9. The molecule has 0 spiro atoms. The number of anilines is 1. The second kappa shape index (κ2) is 7.35. The number of amides is 2. The molecule has 0 aliphatic carbocycles. The van der Waals surface area contributed by atoms with Gasteiger partial charge < -0.3 is 16.4 Å². The van der Waals surface area contributed by atoms with Crippen molar-refractivity contribution in [1.82, 2.24) is 10.3 Å². The number of aromatic nitrogens is 1. The van der Waals surface area contributed by atoms with E-state index in [1.165, 1.54) is 0 Å². The average Bonchev–Trinajstić information content (AvgIpc) is 2.36. The van der Waals surface area contributed by atoms with Crippen molar-refractivity contribution in [1.29, 1.82) is 0 Å². The van der Waals surface area contributed by atoms with Gasteiger partial charge >= 0.3 is 0 Å². The third-order valence-electron chi connectivity index (χ3n) is 2.61. The Bertz CT molecular complexity index is 460. The van der Waals surface area contributed by atoms with Crippen molar-refractivity contribution < 1.29 is 9.59 Å². The normalized spacial score (nSPS) is 10.0. The highest BCUT2D eigenvalue weighted by atomic mass is 16.2. The van der Waals surface area contributed by atoms with Crippen LogP contribution < -0.4 is 16.4 Å². The Morgan fingerprint density at radius 1 is 1.32 bits per heavy atom. The van der Waals surface area contributed by atoms with Crippen LogP contribution in [-0.4, -0.2) is 30.4 Å². The van der Waals surface area contributed by atoms with E-state index < -0.39 is 0 Å². The Kier molecular flexibility index (Phi) is 5.78. The minimum atomic E-state index is -0.310. The molecule has 0 aliphatic rings. The molecule has 2 amide bonds. The summed E-state index contributed by atoms with van der Waals surface area (Å²) < 4.78 is 0. The number of nitrogens with one attached hydrogen (secondary N) is 2. The van der Waals surface area contributed by atoms with E-state index in [1.807, 2.05) is 6.92 Å². The van der Waals surface area contributed by atoms with Crippen LogP contribution in [0.2, 0.25) is 0 Å². The van der Waals surface area contributed by atoms with E-state index in [9.17, 15) is 9.59 Å². The van der Waals surface area contributed by atoms with Gasteiger partial charge in [-0.15, -0.1) is 0 Å². The molecule has 0 saturated heterocycles. The summed E-state index contributed by atoms with van der Waals surface area (Å²) in [6.07, 6.45) is 1.78. The summed E-state index contributed by atoms with van der Waals surface area (Å²) >= 11 is 0. The molecule has 6 heteroatoms. The SMILES string of the molecule is CNc1cc(C(=O)NCCCCC(N)=O)cc(C)n1. The largest absolute Gasteiger partial charge is 0.373 e. The first-order chi connectivity index (χ1) is 9.02. The van der Waals surface area contributed by atoms with E-state index in [-0.39, 0.29) is 11.8 Å². The first-order valence-corrected chi connectivity index (χ1v) is 6.26. The van der Waals surface area contributed by atoms with Gasteiger partial charge in [-0.25, -0.2) is 4.98 Å². The van der Waals surface area contributed by atoms with Crippen LogP contribution in [0.3, 0.4) is 0 Å². The predicted molar refractivity (Wildman–Crippen MR) is 73.9 cm³/mol. The second-order valence-electron chi connectivity index (χ2n) is 4.31. The van der Waals surface area contributed by atoms with Gasteiger partial charge in [0.25, 0.3) is 5.91 Å². The van der Waals surface area contributed by atoms with Gasteiger partial charge in [0, 0.05) is 31.3 Å². The first-order valence-electron chi connectivity index (χ1n) is 6.26. The zero-order valence-electron chi connectivity index (χ0n) is 11.3. The van der Waals surface area contributed by atoms with Crippen molar-refractivity contribution in [2.75, 3.05) is 18.9 Å². The van der Waals surface area contributed by atoms with Gasteiger partial charge in [0.1, 0.15) is 5.82 Å². The Morgan fingerprint density at radius 3 is 2.68 bits per heavy atom. The van der Waals surface area contributed by atoms with E-state index in [0.717, 1.165) is 12.1 Å². The molecule has 0 aromatic carbocycles. The Hall–Kier alpha value is -2.11. The van der Waals surface area contributed by atoms with Crippen molar-refractivity contribution in [2.45, 2.75) is 26.2 Å². The summed E-state index contributed by atoms with van der Waals surface area (Å²) in [4.78, 5) is 26.7. The monoisotopic (exact) mass is 264 g/mol. The minimum Gasteiger partial charge on any atom is -0.373 e. The second-order valence-corrected chi connectivity index (χ2v) is 4.31. The van der Waals surface area contributed by atoms with Gasteiger partial charge in [-0.3, -0.25) is 9.59 Å². The molecule has 104 valence electrons. The molecule has 6 nitrogen and oxygen atoms in total. The van der Waals surface area contributed by atoms with Gasteiger partial charge in [-0.05, 0) is 31.9 Å². The third kappa shape index (κ3) is 5.37. The van der Waals surface area contributed by atoms with Crippen LogP contribution in [-0.2, 0) is 4.79 Å². The number of unbranched alkanes of at least 4 members (excludes halogenated alkanes) is 1. The lowest BCUT2D eigenvalue weighted by atomic mass is 10.2. The van der Waals surface area contributed by atoms with Crippen molar-refractivity contribution in [3.63, 3.8) is 0 Å². The number of carbonyl (C=O) groups is 2. The minimum absolute atomic E-state index is 0.138. The number of carbonyl (C=O) groups excluding carboxylic acids is 2. The molecule has 1 rings (SSSR count). The lowest BCUT2D eigenvalue weighted by molar-refractivity contribution is -0.118. The molecule has 1 heterocycles. The highest BCUT2D eigenvalue weighted by Crippen LogP contribution is 2.09. The number of rotatable bonds is 7. The van der Waals surface area contributed by atoms with Gasteiger partial charge in [-0.1, -0.05) is 0 Å². The number of hydrogen-bond donors (Lipinski definition) is 3. The molecule has 1 aromatic rings. The molecule has 0 radical (unpaired) electrons. The van der Waals surface area contributed by atoms with Crippen molar-refractivity contribution in [3.05, 3.63) is 23.4 Å². The van der Waals surface area contributed by atoms with Crippen molar-refractivity contribution in [2.24, 2.45) is 5.73 Å². The van der Waals surface area contributed by atoms with E-state index in [0.29, 0.717) is 30.8 Å². The molecule has 0 saturated carbocycles. The van der Waals surface area contributed by atoms with E-state index in [1.54, 1.807) is 19.2 Å². The summed E-state index contributed by atoms with van der Waals surface area (Å²) in [6, 6.07) is 3.44. The molecule has 0 fully saturated rings. The fourth-order valence-electron chi connectivity index (χ4n) is 1.66. The lowest BCUT2D eigenvalue weighted by Crippen LogP contribution is -2.25. The van der Waals surface area contributed by atoms with Gasteiger partial charge in [-0.2, -0.15) is 0 Å². The van der Waals surface area contributed by atoms with Crippen LogP contribution >= 0.6 is 0 Å². The molecule has 0 atom stereocenters. The zero-order valence-corrected chi connectivity index (χ0v) is 11.3. The fourth-order valence-corrected chi connectivity index (χ4v) is 1.66.